The van der Waals surface area contributed by atoms with Gasteiger partial charge in [-0.25, -0.2) is 4.98 Å². The highest BCUT2D eigenvalue weighted by Gasteiger charge is 2.18. The van der Waals surface area contributed by atoms with Crippen molar-refractivity contribution < 1.29 is 0 Å². The fourth-order valence-corrected chi connectivity index (χ4v) is 4.02. The Bertz CT molecular complexity index is 1090. The maximum Gasteiger partial charge on any atom is 0.0954 e. The van der Waals surface area contributed by atoms with Crippen LogP contribution in [0, 0.1) is 0 Å². The molecule has 0 N–H and O–H groups in total. The van der Waals surface area contributed by atoms with Crippen molar-refractivity contribution in [2.45, 2.75) is 25.4 Å². The van der Waals surface area contributed by atoms with Crippen molar-refractivity contribution >= 4 is 6.08 Å². The second-order valence-corrected chi connectivity index (χ2v) is 7.30. The van der Waals surface area contributed by atoms with E-state index in [1.54, 1.807) is 0 Å². The molecule has 1 atom stereocenters. The van der Waals surface area contributed by atoms with Gasteiger partial charge in [0.25, 0.3) is 0 Å². The highest BCUT2D eigenvalue weighted by atomic mass is 15.3. The zero-order valence-electron chi connectivity index (χ0n) is 15.6. The van der Waals surface area contributed by atoms with Gasteiger partial charge in [0.1, 0.15) is 0 Å². The van der Waals surface area contributed by atoms with Crippen LogP contribution in [0.25, 0.3) is 6.08 Å². The van der Waals surface area contributed by atoms with E-state index in [1.807, 2.05) is 31.0 Å². The summed E-state index contributed by atoms with van der Waals surface area (Å²) >= 11 is 0. The number of hydrogen-bond acceptors (Lipinski definition) is 2. The molecule has 0 spiro atoms. The SMILES string of the molecule is C1=C(Cn2cc(C(c3ccccc3)n3ccnc3)cn2)CCc2ccccc21. The second-order valence-electron chi connectivity index (χ2n) is 7.30. The third kappa shape index (κ3) is 3.29. The van der Waals surface area contributed by atoms with Crippen LogP contribution in [0.15, 0.2) is 91.3 Å². The van der Waals surface area contributed by atoms with E-state index in [-0.39, 0.29) is 6.04 Å². The number of hydrogen-bond donors (Lipinski definition) is 0. The number of rotatable bonds is 5. The van der Waals surface area contributed by atoms with Crippen LogP contribution < -0.4 is 0 Å². The van der Waals surface area contributed by atoms with Gasteiger partial charge in [-0.3, -0.25) is 4.68 Å². The zero-order chi connectivity index (χ0) is 18.8. The summed E-state index contributed by atoms with van der Waals surface area (Å²) in [6.45, 7) is 0.833. The molecule has 4 aromatic rings. The summed E-state index contributed by atoms with van der Waals surface area (Å²) in [7, 11) is 0. The molecule has 1 aliphatic rings. The van der Waals surface area contributed by atoms with Gasteiger partial charge in [-0.1, -0.05) is 60.7 Å². The van der Waals surface area contributed by atoms with Crippen LogP contribution in [0.2, 0.25) is 0 Å². The second kappa shape index (κ2) is 7.31. The number of benzene rings is 2. The summed E-state index contributed by atoms with van der Waals surface area (Å²) in [6.07, 6.45) is 14.4. The van der Waals surface area contributed by atoms with Gasteiger partial charge in [-0.15, -0.1) is 0 Å². The van der Waals surface area contributed by atoms with Crippen LogP contribution in [0.3, 0.4) is 0 Å². The van der Waals surface area contributed by atoms with Crippen LogP contribution in [0.5, 0.6) is 0 Å². The molecule has 2 heterocycles. The first-order valence-corrected chi connectivity index (χ1v) is 9.69. The number of fused-ring (bicyclic) bond motifs is 1. The van der Waals surface area contributed by atoms with Crippen molar-refractivity contribution in [3.05, 3.63) is 114 Å². The molecular weight excluding hydrogens is 344 g/mol. The molecule has 1 aliphatic carbocycles. The zero-order valence-corrected chi connectivity index (χ0v) is 15.6. The maximum atomic E-state index is 4.66. The van der Waals surface area contributed by atoms with E-state index < -0.39 is 0 Å². The van der Waals surface area contributed by atoms with E-state index in [1.165, 1.54) is 27.8 Å². The van der Waals surface area contributed by atoms with Gasteiger partial charge in [-0.2, -0.15) is 5.10 Å². The number of nitrogens with zero attached hydrogens (tertiary/aromatic N) is 4. The Balaban J connectivity index is 1.43. The van der Waals surface area contributed by atoms with Crippen LogP contribution in [-0.2, 0) is 13.0 Å². The molecule has 4 nitrogen and oxygen atoms in total. The van der Waals surface area contributed by atoms with E-state index in [0.717, 1.165) is 19.4 Å². The smallest absolute Gasteiger partial charge is 0.0954 e. The fraction of sp³-hybridized carbons (Fsp3) is 0.167. The van der Waals surface area contributed by atoms with Gasteiger partial charge in [0.05, 0.1) is 25.1 Å². The molecule has 0 bridgehead atoms. The lowest BCUT2D eigenvalue weighted by atomic mass is 9.92. The summed E-state index contributed by atoms with van der Waals surface area (Å²) in [5.74, 6) is 0. The van der Waals surface area contributed by atoms with Crippen molar-refractivity contribution in [3.8, 4) is 0 Å². The highest BCUT2D eigenvalue weighted by molar-refractivity contribution is 5.59. The first-order chi connectivity index (χ1) is 13.9. The van der Waals surface area contributed by atoms with E-state index in [2.05, 4.69) is 80.1 Å². The molecule has 28 heavy (non-hydrogen) atoms. The standard InChI is InChI=1S/C24H22N4/c1-2-7-21(8-3-1)24(27-13-12-25-18-27)23-15-26-28(17-23)16-19-10-11-20-6-4-5-9-22(20)14-19/h1-9,12-15,17-18,24H,10-11,16H2. The first kappa shape index (κ1) is 16.8. The molecule has 2 aromatic carbocycles. The molecule has 0 saturated heterocycles. The average Bonchev–Trinajstić information content (AvgIpc) is 3.42. The predicted molar refractivity (Wildman–Crippen MR) is 111 cm³/mol. The molecule has 0 radical (unpaired) electrons. The number of aromatic nitrogens is 4. The van der Waals surface area contributed by atoms with Crippen LogP contribution in [0.1, 0.15) is 34.7 Å². The molecule has 1 unspecified atom stereocenters. The number of allylic oxidation sites excluding steroid dienone is 1. The Labute approximate surface area is 164 Å². The molecule has 0 amide bonds. The van der Waals surface area contributed by atoms with Crippen molar-refractivity contribution in [2.75, 3.05) is 0 Å². The van der Waals surface area contributed by atoms with Gasteiger partial charge in [-0.05, 0) is 35.1 Å². The minimum Gasteiger partial charge on any atom is -0.326 e. The third-order valence-corrected chi connectivity index (χ3v) is 5.40. The van der Waals surface area contributed by atoms with Crippen molar-refractivity contribution in [1.29, 1.82) is 0 Å². The topological polar surface area (TPSA) is 35.6 Å². The summed E-state index contributed by atoms with van der Waals surface area (Å²) in [5.41, 5.74) is 6.60. The third-order valence-electron chi connectivity index (χ3n) is 5.40. The molecular formula is C24H22N4. The minimum absolute atomic E-state index is 0.0820. The quantitative estimate of drug-likeness (QED) is 0.511. The van der Waals surface area contributed by atoms with Crippen LogP contribution in [-0.4, -0.2) is 19.3 Å². The van der Waals surface area contributed by atoms with Gasteiger partial charge >= 0.3 is 0 Å². The van der Waals surface area contributed by atoms with Gasteiger partial charge in [0, 0.05) is 24.2 Å². The lowest BCUT2D eigenvalue weighted by molar-refractivity contribution is 0.647. The van der Waals surface area contributed by atoms with Crippen LogP contribution in [0.4, 0.5) is 0 Å². The van der Waals surface area contributed by atoms with Crippen molar-refractivity contribution in [1.82, 2.24) is 19.3 Å². The highest BCUT2D eigenvalue weighted by Crippen LogP contribution is 2.28. The monoisotopic (exact) mass is 366 g/mol. The Kier molecular flexibility index (Phi) is 4.37. The summed E-state index contributed by atoms with van der Waals surface area (Å²) in [5, 5.41) is 4.66. The Morgan fingerprint density at radius 3 is 2.64 bits per heavy atom. The Hall–Kier alpha value is -3.40. The molecule has 0 saturated carbocycles. The Morgan fingerprint density at radius 2 is 1.79 bits per heavy atom. The van der Waals surface area contributed by atoms with Crippen molar-refractivity contribution in [2.24, 2.45) is 0 Å². The number of imidazole rings is 1. The van der Waals surface area contributed by atoms with Gasteiger partial charge in [0.15, 0.2) is 0 Å². The summed E-state index contributed by atoms with van der Waals surface area (Å²) < 4.78 is 4.19. The predicted octanol–water partition coefficient (Wildman–Crippen LogP) is 4.75. The van der Waals surface area contributed by atoms with Crippen molar-refractivity contribution in [3.63, 3.8) is 0 Å². The largest absolute Gasteiger partial charge is 0.326 e. The molecule has 2 aromatic heterocycles. The fourth-order valence-electron chi connectivity index (χ4n) is 4.02. The van der Waals surface area contributed by atoms with Gasteiger partial charge < -0.3 is 4.57 Å². The molecule has 0 fully saturated rings. The van der Waals surface area contributed by atoms with E-state index in [0.29, 0.717) is 0 Å². The minimum atomic E-state index is 0.0820. The van der Waals surface area contributed by atoms with Crippen LogP contribution >= 0.6 is 0 Å². The summed E-state index contributed by atoms with van der Waals surface area (Å²) in [6, 6.07) is 19.3. The molecule has 5 rings (SSSR count). The molecule has 4 heteroatoms. The summed E-state index contributed by atoms with van der Waals surface area (Å²) in [4.78, 5) is 4.24. The van der Waals surface area contributed by atoms with E-state index >= 15 is 0 Å². The van der Waals surface area contributed by atoms with E-state index in [9.17, 15) is 0 Å². The maximum absolute atomic E-state index is 4.66. The van der Waals surface area contributed by atoms with E-state index in [4.69, 9.17) is 0 Å². The molecule has 0 aliphatic heterocycles. The number of aryl methyl sites for hydroxylation is 1. The molecule has 138 valence electrons. The first-order valence-electron chi connectivity index (χ1n) is 9.69. The average molecular weight is 366 g/mol. The Morgan fingerprint density at radius 1 is 0.929 bits per heavy atom. The lowest BCUT2D eigenvalue weighted by Gasteiger charge is -2.18. The normalized spacial score (nSPS) is 14.4. The lowest BCUT2D eigenvalue weighted by Crippen LogP contribution is -2.10. The van der Waals surface area contributed by atoms with Gasteiger partial charge in [0.2, 0.25) is 0 Å².